The molecule has 7 heteroatoms. The SMILES string of the molecule is Cc1nn(C(C)C(=O)Nc2ccc(Cl)cc2C(=O)c2ccccc2)c(C)c1Cl. The number of ketones is 1. The molecule has 3 rings (SSSR count). The quantitative estimate of drug-likeness (QED) is 0.579. The molecule has 0 spiro atoms. The number of anilines is 1. The van der Waals surface area contributed by atoms with Crippen LogP contribution in [0.5, 0.6) is 0 Å². The van der Waals surface area contributed by atoms with Crippen molar-refractivity contribution in [2.75, 3.05) is 5.32 Å². The maximum absolute atomic E-state index is 12.9. The number of carbonyl (C=O) groups is 2. The van der Waals surface area contributed by atoms with Gasteiger partial charge in [-0.3, -0.25) is 14.3 Å². The Morgan fingerprint density at radius 2 is 1.75 bits per heavy atom. The molecule has 1 heterocycles. The number of aryl methyl sites for hydroxylation is 1. The Morgan fingerprint density at radius 3 is 2.36 bits per heavy atom. The van der Waals surface area contributed by atoms with Gasteiger partial charge in [-0.05, 0) is 39.0 Å². The van der Waals surface area contributed by atoms with Crippen molar-refractivity contribution in [2.24, 2.45) is 0 Å². The minimum Gasteiger partial charge on any atom is -0.324 e. The number of amides is 1. The zero-order valence-electron chi connectivity index (χ0n) is 15.7. The van der Waals surface area contributed by atoms with E-state index >= 15 is 0 Å². The van der Waals surface area contributed by atoms with Crippen molar-refractivity contribution in [3.8, 4) is 0 Å². The highest BCUT2D eigenvalue weighted by Crippen LogP contribution is 2.26. The summed E-state index contributed by atoms with van der Waals surface area (Å²) in [6.07, 6.45) is 0. The Bertz CT molecular complexity index is 1050. The van der Waals surface area contributed by atoms with Crippen molar-refractivity contribution in [3.05, 3.63) is 81.1 Å². The van der Waals surface area contributed by atoms with Crippen molar-refractivity contribution in [2.45, 2.75) is 26.8 Å². The summed E-state index contributed by atoms with van der Waals surface area (Å²) in [5, 5.41) is 8.09. The van der Waals surface area contributed by atoms with Gasteiger partial charge in [0.15, 0.2) is 5.78 Å². The summed E-state index contributed by atoms with van der Waals surface area (Å²) in [5.74, 6) is -0.535. The summed E-state index contributed by atoms with van der Waals surface area (Å²) in [6, 6.07) is 13.0. The van der Waals surface area contributed by atoms with Gasteiger partial charge in [-0.25, -0.2) is 0 Å². The molecule has 144 valence electrons. The van der Waals surface area contributed by atoms with Crippen LogP contribution in [-0.2, 0) is 4.79 Å². The molecule has 0 saturated carbocycles. The minimum absolute atomic E-state index is 0.222. The number of nitrogens with one attached hydrogen (secondary N) is 1. The average molecular weight is 416 g/mol. The first-order chi connectivity index (χ1) is 13.3. The number of hydrogen-bond acceptors (Lipinski definition) is 3. The molecule has 0 aliphatic carbocycles. The van der Waals surface area contributed by atoms with E-state index in [-0.39, 0.29) is 11.7 Å². The number of aromatic nitrogens is 2. The standard InChI is InChI=1S/C21H19Cl2N3O2/c1-12-19(23)13(2)26(25-12)14(3)21(28)24-18-10-9-16(22)11-17(18)20(27)15-7-5-4-6-8-15/h4-11,14H,1-3H3,(H,24,28). The van der Waals surface area contributed by atoms with Gasteiger partial charge >= 0.3 is 0 Å². The summed E-state index contributed by atoms with van der Waals surface area (Å²) in [4.78, 5) is 25.7. The van der Waals surface area contributed by atoms with Gasteiger partial charge in [-0.15, -0.1) is 0 Å². The zero-order chi connectivity index (χ0) is 20.4. The first kappa shape index (κ1) is 20.1. The Morgan fingerprint density at radius 1 is 1.07 bits per heavy atom. The average Bonchev–Trinajstić information content (AvgIpc) is 2.96. The Hall–Kier alpha value is -2.63. The fraction of sp³-hybridized carbons (Fsp3) is 0.190. The third-order valence-electron chi connectivity index (χ3n) is 4.50. The lowest BCUT2D eigenvalue weighted by molar-refractivity contribution is -0.119. The predicted octanol–water partition coefficient (Wildman–Crippen LogP) is 5.24. The lowest BCUT2D eigenvalue weighted by Gasteiger charge is -2.16. The summed E-state index contributed by atoms with van der Waals surface area (Å²) in [7, 11) is 0. The first-order valence-electron chi connectivity index (χ1n) is 8.71. The topological polar surface area (TPSA) is 64.0 Å². The van der Waals surface area contributed by atoms with E-state index < -0.39 is 6.04 Å². The summed E-state index contributed by atoms with van der Waals surface area (Å²) < 4.78 is 1.57. The smallest absolute Gasteiger partial charge is 0.248 e. The maximum Gasteiger partial charge on any atom is 0.248 e. The van der Waals surface area contributed by atoms with E-state index in [0.29, 0.717) is 38.2 Å². The van der Waals surface area contributed by atoms with Crippen LogP contribution in [0.3, 0.4) is 0 Å². The molecule has 2 aromatic carbocycles. The molecule has 28 heavy (non-hydrogen) atoms. The third-order valence-corrected chi connectivity index (χ3v) is 5.29. The number of benzene rings is 2. The molecule has 1 atom stereocenters. The molecule has 0 aliphatic rings. The van der Waals surface area contributed by atoms with Gasteiger partial charge in [0.1, 0.15) is 6.04 Å². The molecule has 5 nitrogen and oxygen atoms in total. The van der Waals surface area contributed by atoms with Gasteiger partial charge in [0, 0.05) is 16.1 Å². The molecule has 1 N–H and O–H groups in total. The van der Waals surface area contributed by atoms with Crippen LogP contribution < -0.4 is 5.32 Å². The summed E-state index contributed by atoms with van der Waals surface area (Å²) in [6.45, 7) is 5.31. The van der Waals surface area contributed by atoms with Crippen LogP contribution in [0.2, 0.25) is 10.0 Å². The monoisotopic (exact) mass is 415 g/mol. The van der Waals surface area contributed by atoms with Crippen molar-refractivity contribution < 1.29 is 9.59 Å². The molecule has 0 saturated heterocycles. The van der Waals surface area contributed by atoms with E-state index in [0.717, 1.165) is 0 Å². The van der Waals surface area contributed by atoms with Crippen LogP contribution in [-0.4, -0.2) is 21.5 Å². The van der Waals surface area contributed by atoms with Crippen LogP contribution in [0, 0.1) is 13.8 Å². The van der Waals surface area contributed by atoms with Gasteiger partial charge < -0.3 is 5.32 Å². The van der Waals surface area contributed by atoms with Gasteiger partial charge in [0.25, 0.3) is 0 Å². The van der Waals surface area contributed by atoms with Crippen molar-refractivity contribution in [3.63, 3.8) is 0 Å². The fourth-order valence-corrected chi connectivity index (χ4v) is 3.22. The van der Waals surface area contributed by atoms with Crippen LogP contribution in [0.1, 0.15) is 40.3 Å². The van der Waals surface area contributed by atoms with E-state index in [1.165, 1.54) is 0 Å². The number of halogens is 2. The van der Waals surface area contributed by atoms with Crippen molar-refractivity contribution >= 4 is 40.6 Å². The van der Waals surface area contributed by atoms with E-state index in [2.05, 4.69) is 10.4 Å². The minimum atomic E-state index is -0.610. The number of carbonyl (C=O) groups excluding carboxylic acids is 2. The second-order valence-corrected chi connectivity index (χ2v) is 7.29. The zero-order valence-corrected chi connectivity index (χ0v) is 17.2. The van der Waals surface area contributed by atoms with Gasteiger partial charge in [0.2, 0.25) is 5.91 Å². The molecule has 1 aromatic heterocycles. The van der Waals surface area contributed by atoms with Crippen LogP contribution in [0.15, 0.2) is 48.5 Å². The predicted molar refractivity (Wildman–Crippen MR) is 111 cm³/mol. The third kappa shape index (κ3) is 3.96. The van der Waals surface area contributed by atoms with Crippen molar-refractivity contribution in [1.29, 1.82) is 0 Å². The Kier molecular flexibility index (Phi) is 5.87. The second kappa shape index (κ2) is 8.17. The highest BCUT2D eigenvalue weighted by atomic mass is 35.5. The molecule has 1 amide bonds. The van der Waals surface area contributed by atoms with Gasteiger partial charge in [0.05, 0.1) is 22.1 Å². The summed E-state index contributed by atoms with van der Waals surface area (Å²) in [5.41, 5.74) is 2.59. The maximum atomic E-state index is 12.9. The molecule has 0 fully saturated rings. The van der Waals surface area contributed by atoms with E-state index in [1.54, 1.807) is 67.9 Å². The lowest BCUT2D eigenvalue weighted by atomic mass is 10.0. The lowest BCUT2D eigenvalue weighted by Crippen LogP contribution is -2.26. The molecular weight excluding hydrogens is 397 g/mol. The molecule has 1 unspecified atom stereocenters. The number of hydrogen-bond donors (Lipinski definition) is 1. The summed E-state index contributed by atoms with van der Waals surface area (Å²) >= 11 is 12.3. The normalized spacial score (nSPS) is 11.9. The van der Waals surface area contributed by atoms with Crippen LogP contribution in [0.4, 0.5) is 5.69 Å². The fourth-order valence-electron chi connectivity index (χ4n) is 2.93. The van der Waals surface area contributed by atoms with Crippen molar-refractivity contribution in [1.82, 2.24) is 9.78 Å². The molecule has 0 bridgehead atoms. The van der Waals surface area contributed by atoms with Gasteiger partial charge in [-0.1, -0.05) is 53.5 Å². The molecule has 0 radical (unpaired) electrons. The second-order valence-electron chi connectivity index (χ2n) is 6.48. The van der Waals surface area contributed by atoms with E-state index in [4.69, 9.17) is 23.2 Å². The van der Waals surface area contributed by atoms with Crippen LogP contribution >= 0.6 is 23.2 Å². The first-order valence-corrected chi connectivity index (χ1v) is 9.46. The Balaban J connectivity index is 1.91. The number of nitrogens with zero attached hydrogens (tertiary/aromatic N) is 2. The molecule has 3 aromatic rings. The van der Waals surface area contributed by atoms with E-state index in [9.17, 15) is 9.59 Å². The molecular formula is C21H19Cl2N3O2. The number of rotatable bonds is 5. The highest BCUT2D eigenvalue weighted by Gasteiger charge is 2.23. The van der Waals surface area contributed by atoms with Crippen LogP contribution in [0.25, 0.3) is 0 Å². The van der Waals surface area contributed by atoms with Gasteiger partial charge in [-0.2, -0.15) is 5.10 Å². The van der Waals surface area contributed by atoms with E-state index in [1.807, 2.05) is 6.07 Å². The Labute approximate surface area is 173 Å². The molecule has 0 aliphatic heterocycles. The largest absolute Gasteiger partial charge is 0.324 e. The highest BCUT2D eigenvalue weighted by molar-refractivity contribution is 6.32.